The van der Waals surface area contributed by atoms with Gasteiger partial charge in [-0.1, -0.05) is 54.1 Å². The monoisotopic (exact) mass is 363 g/mol. The zero-order valence-electron chi connectivity index (χ0n) is 11.8. The fraction of sp³-hybridized carbons (Fsp3) is 0.333. The first-order valence-corrected chi connectivity index (χ1v) is 7.79. The van der Waals surface area contributed by atoms with Crippen molar-refractivity contribution in [3.63, 3.8) is 0 Å². The molecule has 110 valence electrons. The summed E-state index contributed by atoms with van der Waals surface area (Å²) in [6, 6.07) is 17.9. The second-order valence-corrected chi connectivity index (χ2v) is 6.26. The molecule has 2 aliphatic rings. The van der Waals surface area contributed by atoms with Crippen molar-refractivity contribution >= 4 is 28.6 Å². The first-order chi connectivity index (χ1) is 9.84. The van der Waals surface area contributed by atoms with Crippen LogP contribution in [0.3, 0.4) is 0 Å². The molecule has 0 saturated carbocycles. The normalized spacial score (nSPS) is 24.0. The van der Waals surface area contributed by atoms with Crippen LogP contribution in [0.15, 0.2) is 48.5 Å². The highest BCUT2D eigenvalue weighted by Gasteiger charge is 2.36. The van der Waals surface area contributed by atoms with Crippen LogP contribution in [-0.2, 0) is 0 Å². The first kappa shape index (κ1) is 15.1. The van der Waals surface area contributed by atoms with Gasteiger partial charge in [-0.25, -0.2) is 0 Å². The third-order valence-electron chi connectivity index (χ3n) is 4.79. The van der Waals surface area contributed by atoms with Gasteiger partial charge in [0.05, 0.1) is 0 Å². The van der Waals surface area contributed by atoms with Crippen LogP contribution in [0, 0.1) is 0 Å². The van der Waals surface area contributed by atoms with E-state index in [1.165, 1.54) is 36.1 Å². The molecule has 0 bridgehead atoms. The van der Waals surface area contributed by atoms with Crippen LogP contribution in [0.5, 0.6) is 0 Å². The lowest BCUT2D eigenvalue weighted by Gasteiger charge is -2.37. The average molecular weight is 365 g/mol. The minimum absolute atomic E-state index is 0. The van der Waals surface area contributed by atoms with E-state index in [1.807, 2.05) is 12.1 Å². The Kier molecular flexibility index (Phi) is 4.39. The molecule has 0 spiro atoms. The fourth-order valence-corrected chi connectivity index (χ4v) is 4.15. The molecule has 2 heterocycles. The maximum Gasteiger partial charge on any atom is 0.0444 e. The largest absolute Gasteiger partial charge is 0.295 e. The summed E-state index contributed by atoms with van der Waals surface area (Å²) in [7, 11) is 0. The molecule has 4 rings (SSSR count). The van der Waals surface area contributed by atoms with E-state index < -0.39 is 0 Å². The summed E-state index contributed by atoms with van der Waals surface area (Å²) in [5.41, 5.74) is 4.26. The van der Waals surface area contributed by atoms with Gasteiger partial charge in [0, 0.05) is 23.5 Å². The van der Waals surface area contributed by atoms with Gasteiger partial charge in [0.2, 0.25) is 0 Å². The minimum atomic E-state index is 0. The molecule has 0 aromatic heterocycles. The number of nitrogens with zero attached hydrogens (tertiary/aromatic N) is 1. The topological polar surface area (TPSA) is 3.24 Å². The number of fused-ring (bicyclic) bond motifs is 3. The molecule has 1 saturated heterocycles. The lowest BCUT2D eigenvalue weighted by molar-refractivity contribution is 0.230. The van der Waals surface area contributed by atoms with Crippen molar-refractivity contribution in [2.75, 3.05) is 13.1 Å². The van der Waals surface area contributed by atoms with Crippen LogP contribution in [0.4, 0.5) is 0 Å². The van der Waals surface area contributed by atoms with Gasteiger partial charge < -0.3 is 0 Å². The van der Waals surface area contributed by atoms with Gasteiger partial charge in [0.25, 0.3) is 0 Å². The van der Waals surface area contributed by atoms with Gasteiger partial charge in [-0.2, -0.15) is 0 Å². The van der Waals surface area contributed by atoms with Gasteiger partial charge in [0.15, 0.2) is 0 Å². The Morgan fingerprint density at radius 3 is 2.33 bits per heavy atom. The molecule has 2 aliphatic heterocycles. The van der Waals surface area contributed by atoms with Gasteiger partial charge in [0.1, 0.15) is 0 Å². The molecule has 0 aliphatic carbocycles. The quantitative estimate of drug-likeness (QED) is 0.672. The molecule has 2 aromatic carbocycles. The zero-order valence-corrected chi connectivity index (χ0v) is 14.3. The molecule has 0 unspecified atom stereocenters. The van der Waals surface area contributed by atoms with Crippen molar-refractivity contribution in [1.82, 2.24) is 4.90 Å². The van der Waals surface area contributed by atoms with E-state index in [-0.39, 0.29) is 17.0 Å². The predicted octanol–water partition coefficient (Wildman–Crippen LogP) is 5.20. The SMILES string of the molecule is Br.Clc1ccccc1[C@H]1CN2CCC[C@H]2c2ccccc21. The van der Waals surface area contributed by atoms with Crippen LogP contribution in [-0.4, -0.2) is 18.0 Å². The summed E-state index contributed by atoms with van der Waals surface area (Å²) in [4.78, 5) is 2.64. The van der Waals surface area contributed by atoms with Gasteiger partial charge in [-0.15, -0.1) is 17.0 Å². The number of halogens is 2. The van der Waals surface area contributed by atoms with Gasteiger partial charge in [-0.3, -0.25) is 4.90 Å². The molecule has 2 aromatic rings. The van der Waals surface area contributed by atoms with Crippen molar-refractivity contribution in [3.8, 4) is 0 Å². The first-order valence-electron chi connectivity index (χ1n) is 7.42. The molecule has 0 N–H and O–H groups in total. The molecule has 1 fully saturated rings. The number of rotatable bonds is 1. The van der Waals surface area contributed by atoms with Crippen molar-refractivity contribution in [2.24, 2.45) is 0 Å². The van der Waals surface area contributed by atoms with E-state index in [9.17, 15) is 0 Å². The summed E-state index contributed by atoms with van der Waals surface area (Å²) >= 11 is 6.45. The third kappa shape index (κ3) is 2.54. The van der Waals surface area contributed by atoms with Crippen LogP contribution in [0.1, 0.15) is 41.5 Å². The van der Waals surface area contributed by atoms with Gasteiger partial charge >= 0.3 is 0 Å². The molecule has 21 heavy (non-hydrogen) atoms. The van der Waals surface area contributed by atoms with Crippen LogP contribution in [0.25, 0.3) is 0 Å². The second-order valence-electron chi connectivity index (χ2n) is 5.86. The molecule has 3 heteroatoms. The Balaban J connectivity index is 0.00000132. The second kappa shape index (κ2) is 6.12. The molecule has 1 nitrogen and oxygen atoms in total. The van der Waals surface area contributed by atoms with E-state index >= 15 is 0 Å². The maximum absolute atomic E-state index is 6.45. The fourth-order valence-electron chi connectivity index (χ4n) is 3.88. The van der Waals surface area contributed by atoms with E-state index in [2.05, 4.69) is 41.3 Å². The zero-order chi connectivity index (χ0) is 13.5. The third-order valence-corrected chi connectivity index (χ3v) is 5.14. The van der Waals surface area contributed by atoms with E-state index in [4.69, 9.17) is 11.6 Å². The van der Waals surface area contributed by atoms with Crippen molar-refractivity contribution in [2.45, 2.75) is 24.8 Å². The standard InChI is InChI=1S/C18H18ClN.BrH/c19-17-9-4-3-7-14(17)16-12-20-11-5-10-18(20)15-8-2-1-6-13(15)16;/h1-4,6-9,16,18H,5,10-12H2;1H/t16-,18-;/m0./s1. The average Bonchev–Trinajstić information content (AvgIpc) is 2.96. The van der Waals surface area contributed by atoms with E-state index in [0.29, 0.717) is 12.0 Å². The summed E-state index contributed by atoms with van der Waals surface area (Å²) in [5.74, 6) is 0.411. The van der Waals surface area contributed by atoms with Crippen LogP contribution < -0.4 is 0 Å². The molecular weight excluding hydrogens is 346 g/mol. The van der Waals surface area contributed by atoms with E-state index in [1.54, 1.807) is 0 Å². The number of hydrogen-bond donors (Lipinski definition) is 0. The molecule has 0 amide bonds. The summed E-state index contributed by atoms with van der Waals surface area (Å²) in [6.07, 6.45) is 2.61. The highest BCUT2D eigenvalue weighted by atomic mass is 79.9. The predicted molar refractivity (Wildman–Crippen MR) is 93.6 cm³/mol. The van der Waals surface area contributed by atoms with Gasteiger partial charge in [-0.05, 0) is 42.1 Å². The lowest BCUT2D eigenvalue weighted by atomic mass is 9.82. The Bertz CT molecular complexity index is 643. The van der Waals surface area contributed by atoms with Crippen LogP contribution in [0.2, 0.25) is 5.02 Å². The minimum Gasteiger partial charge on any atom is -0.295 e. The van der Waals surface area contributed by atoms with E-state index in [0.717, 1.165) is 11.6 Å². The highest BCUT2D eigenvalue weighted by Crippen LogP contribution is 2.45. The Labute approximate surface area is 141 Å². The summed E-state index contributed by atoms with van der Waals surface area (Å²) in [5, 5.41) is 0.893. The van der Waals surface area contributed by atoms with Crippen molar-refractivity contribution in [1.29, 1.82) is 0 Å². The van der Waals surface area contributed by atoms with Crippen LogP contribution >= 0.6 is 28.6 Å². The maximum atomic E-state index is 6.45. The summed E-state index contributed by atoms with van der Waals surface area (Å²) in [6.45, 7) is 2.32. The Hall–Kier alpha value is -0.830. The Morgan fingerprint density at radius 2 is 1.57 bits per heavy atom. The number of hydrogen-bond acceptors (Lipinski definition) is 1. The summed E-state index contributed by atoms with van der Waals surface area (Å²) < 4.78 is 0. The highest BCUT2D eigenvalue weighted by molar-refractivity contribution is 8.93. The number of benzene rings is 2. The molecule has 0 radical (unpaired) electrons. The molecule has 2 atom stereocenters. The van der Waals surface area contributed by atoms with Crippen molar-refractivity contribution in [3.05, 3.63) is 70.2 Å². The molecular formula is C18H19BrClN. The lowest BCUT2D eigenvalue weighted by Crippen LogP contribution is -2.34. The van der Waals surface area contributed by atoms with Crippen molar-refractivity contribution < 1.29 is 0 Å². The smallest absolute Gasteiger partial charge is 0.0444 e. The Morgan fingerprint density at radius 1 is 0.905 bits per heavy atom.